The van der Waals surface area contributed by atoms with E-state index in [9.17, 15) is 0 Å². The molecule has 0 bridgehead atoms. The van der Waals surface area contributed by atoms with Gasteiger partial charge in [-0.25, -0.2) is 0 Å². The predicted octanol–water partition coefficient (Wildman–Crippen LogP) is 3.52. The molecule has 4 atom stereocenters. The Hall–Kier alpha value is 0.170. The largest absolute Gasteiger partial charge is 0.361 e. The number of amidine groups is 1. The normalized spacial score (nSPS) is 39.5. The van der Waals surface area contributed by atoms with Crippen LogP contribution in [0.3, 0.4) is 0 Å². The predicted molar refractivity (Wildman–Crippen MR) is 83.7 cm³/mol. The summed E-state index contributed by atoms with van der Waals surface area (Å²) >= 11 is 4.10. The van der Waals surface area contributed by atoms with E-state index in [-0.39, 0.29) is 0 Å². The smallest absolute Gasteiger partial charge is 0.157 e. The highest BCUT2D eigenvalue weighted by atomic mass is 32.2. The molecular formula is C14H24N2S2. The Morgan fingerprint density at radius 2 is 2.17 bits per heavy atom. The van der Waals surface area contributed by atoms with Crippen LogP contribution in [0.4, 0.5) is 0 Å². The van der Waals surface area contributed by atoms with E-state index in [2.05, 4.69) is 24.0 Å². The third-order valence-corrected chi connectivity index (χ3v) is 6.90. The second-order valence-electron chi connectivity index (χ2n) is 5.68. The monoisotopic (exact) mass is 284 g/mol. The van der Waals surface area contributed by atoms with Crippen LogP contribution in [0.1, 0.15) is 45.4 Å². The van der Waals surface area contributed by atoms with Crippen molar-refractivity contribution >= 4 is 28.7 Å². The van der Waals surface area contributed by atoms with Crippen LogP contribution in [0.5, 0.6) is 0 Å². The molecule has 4 unspecified atom stereocenters. The standard InChI is InChI=1S/C14H24N2S2/c1-2-17-13-8-4-7-12(13)16-14-15-11-6-3-5-10(11)9-18-14/h10-13H,2-9H2,1H3,(H,15,16). The van der Waals surface area contributed by atoms with Gasteiger partial charge in [0.15, 0.2) is 5.17 Å². The lowest BCUT2D eigenvalue weighted by molar-refractivity contribution is 0.529. The number of thioether (sulfide) groups is 2. The van der Waals surface area contributed by atoms with Crippen molar-refractivity contribution in [3.8, 4) is 0 Å². The fourth-order valence-corrected chi connectivity index (χ4v) is 5.90. The van der Waals surface area contributed by atoms with Crippen LogP contribution < -0.4 is 5.32 Å². The number of hydrogen-bond donors (Lipinski definition) is 1. The summed E-state index contributed by atoms with van der Waals surface area (Å²) in [7, 11) is 0. The molecule has 3 aliphatic rings. The topological polar surface area (TPSA) is 24.4 Å². The third kappa shape index (κ3) is 2.84. The Morgan fingerprint density at radius 3 is 3.06 bits per heavy atom. The van der Waals surface area contributed by atoms with E-state index in [4.69, 9.17) is 4.99 Å². The third-order valence-electron chi connectivity index (χ3n) is 4.48. The molecule has 1 heterocycles. The number of rotatable bonds is 3. The number of nitrogens with zero attached hydrogens (tertiary/aromatic N) is 1. The molecule has 18 heavy (non-hydrogen) atoms. The van der Waals surface area contributed by atoms with E-state index < -0.39 is 0 Å². The SMILES string of the molecule is CCSC1CCCC1NC1=NC2CCCC2CS1. The Bertz CT molecular complexity index is 319. The van der Waals surface area contributed by atoms with Crippen LogP contribution in [-0.4, -0.2) is 34.0 Å². The zero-order chi connectivity index (χ0) is 12.4. The highest BCUT2D eigenvalue weighted by Gasteiger charge is 2.33. The van der Waals surface area contributed by atoms with Gasteiger partial charge in [0.1, 0.15) is 0 Å². The fourth-order valence-electron chi connectivity index (χ4n) is 3.50. The maximum absolute atomic E-state index is 4.96. The van der Waals surface area contributed by atoms with E-state index in [1.165, 1.54) is 55.2 Å². The Morgan fingerprint density at radius 1 is 1.28 bits per heavy atom. The maximum Gasteiger partial charge on any atom is 0.157 e. The Kier molecular flexibility index (Phi) is 4.45. The Labute approximate surface area is 119 Å². The second kappa shape index (κ2) is 6.08. The molecule has 1 aliphatic heterocycles. The molecule has 2 nitrogen and oxygen atoms in total. The van der Waals surface area contributed by atoms with Gasteiger partial charge < -0.3 is 5.32 Å². The molecule has 0 spiro atoms. The minimum absolute atomic E-state index is 0.646. The van der Waals surface area contributed by atoms with Crippen LogP contribution in [0.25, 0.3) is 0 Å². The molecule has 2 aliphatic carbocycles. The summed E-state index contributed by atoms with van der Waals surface area (Å²) in [5.74, 6) is 3.42. The molecule has 0 radical (unpaired) electrons. The van der Waals surface area contributed by atoms with Gasteiger partial charge in [-0.2, -0.15) is 11.8 Å². The first-order valence-corrected chi connectivity index (χ1v) is 9.49. The molecule has 4 heteroatoms. The summed E-state index contributed by atoms with van der Waals surface area (Å²) in [6.07, 6.45) is 8.25. The minimum Gasteiger partial charge on any atom is -0.361 e. The van der Waals surface area contributed by atoms with Gasteiger partial charge in [0, 0.05) is 17.0 Å². The van der Waals surface area contributed by atoms with Crippen molar-refractivity contribution in [3.63, 3.8) is 0 Å². The molecule has 2 saturated carbocycles. The quantitative estimate of drug-likeness (QED) is 0.858. The van der Waals surface area contributed by atoms with Gasteiger partial charge in [-0.05, 0) is 37.4 Å². The summed E-state index contributed by atoms with van der Waals surface area (Å²) < 4.78 is 0. The highest BCUT2D eigenvalue weighted by molar-refractivity contribution is 8.13. The Balaban J connectivity index is 1.59. The average molecular weight is 284 g/mol. The molecule has 0 aromatic carbocycles. The van der Waals surface area contributed by atoms with Crippen molar-refractivity contribution in [2.75, 3.05) is 11.5 Å². The summed E-state index contributed by atoms with van der Waals surface area (Å²) in [4.78, 5) is 4.96. The molecule has 0 saturated heterocycles. The first-order valence-electron chi connectivity index (χ1n) is 7.45. The molecule has 3 rings (SSSR count). The lowest BCUT2D eigenvalue weighted by Crippen LogP contribution is -2.40. The summed E-state index contributed by atoms with van der Waals surface area (Å²) in [6.45, 7) is 2.27. The average Bonchev–Trinajstić information content (AvgIpc) is 2.99. The first-order chi connectivity index (χ1) is 8.86. The van der Waals surface area contributed by atoms with Crippen molar-refractivity contribution in [2.45, 2.75) is 62.8 Å². The zero-order valence-corrected chi connectivity index (χ0v) is 12.9. The number of nitrogens with one attached hydrogen (secondary N) is 1. The summed E-state index contributed by atoms with van der Waals surface area (Å²) in [5.41, 5.74) is 0. The van der Waals surface area contributed by atoms with Crippen LogP contribution in [-0.2, 0) is 0 Å². The van der Waals surface area contributed by atoms with E-state index >= 15 is 0 Å². The highest BCUT2D eigenvalue weighted by Crippen LogP contribution is 2.36. The van der Waals surface area contributed by atoms with Crippen LogP contribution in [0.2, 0.25) is 0 Å². The summed E-state index contributed by atoms with van der Waals surface area (Å²) in [6, 6.07) is 1.33. The molecule has 2 fully saturated rings. The summed E-state index contributed by atoms with van der Waals surface area (Å²) in [5, 5.41) is 5.83. The van der Waals surface area contributed by atoms with E-state index in [0.29, 0.717) is 12.1 Å². The van der Waals surface area contributed by atoms with Crippen molar-refractivity contribution in [1.29, 1.82) is 0 Å². The van der Waals surface area contributed by atoms with Gasteiger partial charge in [0.2, 0.25) is 0 Å². The molecule has 0 amide bonds. The van der Waals surface area contributed by atoms with Gasteiger partial charge >= 0.3 is 0 Å². The molecule has 0 aromatic heterocycles. The first kappa shape index (κ1) is 13.2. The number of fused-ring (bicyclic) bond motifs is 1. The zero-order valence-electron chi connectivity index (χ0n) is 11.2. The van der Waals surface area contributed by atoms with E-state index in [1.54, 1.807) is 0 Å². The van der Waals surface area contributed by atoms with Gasteiger partial charge in [-0.15, -0.1) is 0 Å². The van der Waals surface area contributed by atoms with Crippen molar-refractivity contribution < 1.29 is 0 Å². The van der Waals surface area contributed by atoms with Crippen molar-refractivity contribution in [2.24, 2.45) is 10.9 Å². The number of hydrogen-bond acceptors (Lipinski definition) is 4. The van der Waals surface area contributed by atoms with Gasteiger partial charge in [-0.1, -0.05) is 31.5 Å². The van der Waals surface area contributed by atoms with Crippen LogP contribution >= 0.6 is 23.5 Å². The van der Waals surface area contributed by atoms with Crippen LogP contribution in [0.15, 0.2) is 4.99 Å². The lowest BCUT2D eigenvalue weighted by atomic mass is 10.1. The minimum atomic E-state index is 0.646. The molecular weight excluding hydrogens is 260 g/mol. The van der Waals surface area contributed by atoms with Gasteiger partial charge in [-0.3, -0.25) is 4.99 Å². The molecule has 1 N–H and O–H groups in total. The lowest BCUT2D eigenvalue weighted by Gasteiger charge is -2.27. The fraction of sp³-hybridized carbons (Fsp3) is 0.929. The van der Waals surface area contributed by atoms with E-state index in [0.717, 1.165) is 11.2 Å². The van der Waals surface area contributed by atoms with E-state index in [1.807, 2.05) is 11.8 Å². The van der Waals surface area contributed by atoms with Crippen LogP contribution in [0, 0.1) is 5.92 Å². The second-order valence-corrected chi connectivity index (χ2v) is 8.20. The molecule has 0 aromatic rings. The maximum atomic E-state index is 4.96. The number of aliphatic imine (C=N–C) groups is 1. The van der Waals surface area contributed by atoms with Crippen molar-refractivity contribution in [3.05, 3.63) is 0 Å². The van der Waals surface area contributed by atoms with Crippen molar-refractivity contribution in [1.82, 2.24) is 5.32 Å². The van der Waals surface area contributed by atoms with Gasteiger partial charge in [0.25, 0.3) is 0 Å². The molecule has 102 valence electrons. The van der Waals surface area contributed by atoms with Gasteiger partial charge in [0.05, 0.1) is 6.04 Å².